The van der Waals surface area contributed by atoms with Gasteiger partial charge in [-0.2, -0.15) is 0 Å². The third-order valence-electron chi connectivity index (χ3n) is 5.41. The van der Waals surface area contributed by atoms with Crippen molar-refractivity contribution in [2.45, 2.75) is 32.1 Å². The molecule has 150 valence electrons. The fraction of sp³-hybridized carbons (Fsp3) is 0.550. The highest BCUT2D eigenvalue weighted by atomic mass is 32.1. The third kappa shape index (κ3) is 4.55. The minimum absolute atomic E-state index is 0.0458. The fourth-order valence-corrected chi connectivity index (χ4v) is 5.46. The normalized spacial score (nSPS) is 19.8. The predicted molar refractivity (Wildman–Crippen MR) is 113 cm³/mol. The van der Waals surface area contributed by atoms with E-state index in [9.17, 15) is 9.59 Å². The molecule has 2 aliphatic heterocycles. The number of amides is 2. The quantitative estimate of drug-likeness (QED) is 0.783. The average molecular weight is 419 g/mol. The highest BCUT2D eigenvalue weighted by Crippen LogP contribution is 2.24. The van der Waals surface area contributed by atoms with Gasteiger partial charge in [0.1, 0.15) is 0 Å². The molecule has 1 atom stereocenters. The van der Waals surface area contributed by atoms with Crippen LogP contribution in [0.2, 0.25) is 0 Å². The Morgan fingerprint density at radius 2 is 2.04 bits per heavy atom. The molecule has 8 heteroatoms. The summed E-state index contributed by atoms with van der Waals surface area (Å²) in [6, 6.07) is 3.74. The largest absolute Gasteiger partial charge is 0.355 e. The van der Waals surface area contributed by atoms with Crippen molar-refractivity contribution >= 4 is 39.6 Å². The number of aromatic nitrogens is 1. The molecule has 4 rings (SSSR count). The first-order valence-electron chi connectivity index (χ1n) is 10.0. The van der Waals surface area contributed by atoms with Crippen molar-refractivity contribution in [3.63, 3.8) is 0 Å². The average Bonchev–Trinajstić information content (AvgIpc) is 3.49. The Morgan fingerprint density at radius 1 is 1.18 bits per heavy atom. The molecule has 2 saturated heterocycles. The minimum atomic E-state index is -0.117. The van der Waals surface area contributed by atoms with Gasteiger partial charge in [-0.15, -0.1) is 22.7 Å². The van der Waals surface area contributed by atoms with Crippen molar-refractivity contribution in [2.24, 2.45) is 5.92 Å². The van der Waals surface area contributed by atoms with Gasteiger partial charge < -0.3 is 15.1 Å². The molecule has 0 aliphatic carbocycles. The van der Waals surface area contributed by atoms with Gasteiger partial charge in [-0.25, -0.2) is 4.98 Å². The van der Waals surface area contributed by atoms with Crippen molar-refractivity contribution in [2.75, 3.05) is 37.6 Å². The number of hydrogen-bond acceptors (Lipinski definition) is 6. The van der Waals surface area contributed by atoms with E-state index in [-0.39, 0.29) is 17.7 Å². The second-order valence-corrected chi connectivity index (χ2v) is 9.21. The second-order valence-electron chi connectivity index (χ2n) is 7.42. The van der Waals surface area contributed by atoms with Gasteiger partial charge >= 0.3 is 0 Å². The topological polar surface area (TPSA) is 65.5 Å². The summed E-state index contributed by atoms with van der Waals surface area (Å²) in [7, 11) is 0. The highest BCUT2D eigenvalue weighted by molar-refractivity contribution is 7.13. The fourth-order valence-electron chi connectivity index (χ4n) is 3.85. The molecule has 2 amide bonds. The van der Waals surface area contributed by atoms with E-state index in [4.69, 9.17) is 4.98 Å². The van der Waals surface area contributed by atoms with E-state index >= 15 is 0 Å². The molecular weight excluding hydrogens is 392 g/mol. The molecule has 1 unspecified atom stereocenters. The Labute approximate surface area is 173 Å². The van der Waals surface area contributed by atoms with Gasteiger partial charge in [-0.3, -0.25) is 9.59 Å². The number of hydrogen-bond donors (Lipinski definition) is 1. The number of nitrogens with zero attached hydrogens (tertiary/aromatic N) is 3. The van der Waals surface area contributed by atoms with E-state index in [0.717, 1.165) is 54.6 Å². The molecule has 28 heavy (non-hydrogen) atoms. The minimum Gasteiger partial charge on any atom is -0.355 e. The molecule has 2 aromatic heterocycles. The Morgan fingerprint density at radius 3 is 2.82 bits per heavy atom. The summed E-state index contributed by atoms with van der Waals surface area (Å²) in [6.45, 7) is 4.05. The summed E-state index contributed by atoms with van der Waals surface area (Å²) in [6.07, 6.45) is 4.97. The maximum Gasteiger partial charge on any atom is 0.263 e. The standard InChI is InChI=1S/C20H26N4O2S2/c25-18(15-5-3-11-24(13-15)19(26)17-6-4-12-27-17)21-8-7-16-14-28-20(22-16)23-9-1-2-10-23/h4,6,12,14-15H,1-3,5,7-11,13H2,(H,21,25). The lowest BCUT2D eigenvalue weighted by Crippen LogP contribution is -2.45. The Balaban J connectivity index is 1.24. The number of carbonyl (C=O) groups excluding carboxylic acids is 2. The van der Waals surface area contributed by atoms with Gasteiger partial charge in [0.15, 0.2) is 5.13 Å². The van der Waals surface area contributed by atoms with Crippen LogP contribution >= 0.6 is 22.7 Å². The maximum atomic E-state index is 12.6. The SMILES string of the molecule is O=C(NCCc1csc(N2CCCC2)n1)C1CCCN(C(=O)c2cccs2)C1. The monoisotopic (exact) mass is 418 g/mol. The van der Waals surface area contributed by atoms with Gasteiger partial charge in [-0.1, -0.05) is 6.07 Å². The molecule has 1 N–H and O–H groups in total. The smallest absolute Gasteiger partial charge is 0.263 e. The summed E-state index contributed by atoms with van der Waals surface area (Å²) in [5.41, 5.74) is 1.05. The molecule has 2 fully saturated rings. The molecule has 2 aromatic rings. The number of thiazole rings is 1. The lowest BCUT2D eigenvalue weighted by atomic mass is 9.97. The zero-order chi connectivity index (χ0) is 19.3. The second kappa shape index (κ2) is 9.05. The predicted octanol–water partition coefficient (Wildman–Crippen LogP) is 3.02. The van der Waals surface area contributed by atoms with Crippen LogP contribution in [0.3, 0.4) is 0 Å². The first-order chi connectivity index (χ1) is 13.7. The van der Waals surface area contributed by atoms with Crippen LogP contribution in [-0.2, 0) is 11.2 Å². The van der Waals surface area contributed by atoms with Crippen LogP contribution in [0, 0.1) is 5.92 Å². The molecule has 0 bridgehead atoms. The number of anilines is 1. The van der Waals surface area contributed by atoms with Crippen LogP contribution < -0.4 is 10.2 Å². The summed E-state index contributed by atoms with van der Waals surface area (Å²) in [5.74, 6) is -0.0173. The maximum absolute atomic E-state index is 12.6. The molecule has 0 spiro atoms. The van der Waals surface area contributed by atoms with Crippen LogP contribution in [0.15, 0.2) is 22.9 Å². The molecule has 0 radical (unpaired) electrons. The summed E-state index contributed by atoms with van der Waals surface area (Å²) in [4.78, 5) is 34.7. The van der Waals surface area contributed by atoms with Crippen molar-refractivity contribution in [3.05, 3.63) is 33.5 Å². The van der Waals surface area contributed by atoms with Crippen LogP contribution in [0.4, 0.5) is 5.13 Å². The highest BCUT2D eigenvalue weighted by Gasteiger charge is 2.29. The van der Waals surface area contributed by atoms with Crippen LogP contribution in [0.25, 0.3) is 0 Å². The van der Waals surface area contributed by atoms with Crippen molar-refractivity contribution in [1.82, 2.24) is 15.2 Å². The van der Waals surface area contributed by atoms with E-state index in [0.29, 0.717) is 13.1 Å². The number of nitrogens with one attached hydrogen (secondary N) is 1. The number of piperidine rings is 1. The van der Waals surface area contributed by atoms with Gasteiger partial charge in [-0.05, 0) is 37.1 Å². The number of likely N-dealkylation sites (tertiary alicyclic amines) is 1. The lowest BCUT2D eigenvalue weighted by Gasteiger charge is -2.31. The first-order valence-corrected chi connectivity index (χ1v) is 11.8. The van der Waals surface area contributed by atoms with Gasteiger partial charge in [0.2, 0.25) is 5.91 Å². The third-order valence-corrected chi connectivity index (χ3v) is 7.22. The van der Waals surface area contributed by atoms with Crippen molar-refractivity contribution in [3.8, 4) is 0 Å². The Hall–Kier alpha value is -1.93. The Bertz CT molecular complexity index is 799. The number of carbonyl (C=O) groups is 2. The molecule has 4 heterocycles. The van der Waals surface area contributed by atoms with E-state index in [1.807, 2.05) is 22.4 Å². The zero-order valence-electron chi connectivity index (χ0n) is 15.9. The van der Waals surface area contributed by atoms with Gasteiger partial charge in [0, 0.05) is 44.5 Å². The van der Waals surface area contributed by atoms with E-state index < -0.39 is 0 Å². The summed E-state index contributed by atoms with van der Waals surface area (Å²) >= 11 is 3.15. The van der Waals surface area contributed by atoms with Crippen molar-refractivity contribution < 1.29 is 9.59 Å². The zero-order valence-corrected chi connectivity index (χ0v) is 17.6. The molecular formula is C20H26N4O2S2. The summed E-state index contributed by atoms with van der Waals surface area (Å²) < 4.78 is 0. The van der Waals surface area contributed by atoms with Crippen LogP contribution in [-0.4, -0.2) is 54.4 Å². The summed E-state index contributed by atoms with van der Waals surface area (Å²) in [5, 5.41) is 8.17. The van der Waals surface area contributed by atoms with Crippen molar-refractivity contribution in [1.29, 1.82) is 0 Å². The number of thiophene rings is 1. The van der Waals surface area contributed by atoms with Gasteiger partial charge in [0.25, 0.3) is 5.91 Å². The Kier molecular flexibility index (Phi) is 6.26. The number of rotatable bonds is 6. The molecule has 0 aromatic carbocycles. The lowest BCUT2D eigenvalue weighted by molar-refractivity contribution is -0.126. The van der Waals surface area contributed by atoms with Gasteiger partial charge in [0.05, 0.1) is 16.5 Å². The van der Waals surface area contributed by atoms with E-state index in [1.165, 1.54) is 24.2 Å². The van der Waals surface area contributed by atoms with E-state index in [1.54, 1.807) is 11.3 Å². The molecule has 0 saturated carbocycles. The van der Waals surface area contributed by atoms with E-state index in [2.05, 4.69) is 15.6 Å². The first kappa shape index (κ1) is 19.4. The van der Waals surface area contributed by atoms with Crippen LogP contribution in [0.1, 0.15) is 41.0 Å². The molecule has 2 aliphatic rings. The van der Waals surface area contributed by atoms with Crippen LogP contribution in [0.5, 0.6) is 0 Å². The molecule has 6 nitrogen and oxygen atoms in total.